The lowest BCUT2D eigenvalue weighted by Gasteiger charge is -2.22. The number of hydrogen-bond donors (Lipinski definition) is 1. The van der Waals surface area contributed by atoms with Crippen molar-refractivity contribution in [3.63, 3.8) is 0 Å². The van der Waals surface area contributed by atoms with Gasteiger partial charge >= 0.3 is 0 Å². The zero-order valence-corrected chi connectivity index (χ0v) is 12.9. The third kappa shape index (κ3) is 3.38. The molecule has 0 heterocycles. The predicted octanol–water partition coefficient (Wildman–Crippen LogP) is 4.52. The summed E-state index contributed by atoms with van der Waals surface area (Å²) in [4.78, 5) is 0. The Balaban J connectivity index is 1.69. The van der Waals surface area contributed by atoms with E-state index < -0.39 is 0 Å². The molecule has 0 aliphatic heterocycles. The minimum absolute atomic E-state index is 0.878. The fourth-order valence-corrected chi connectivity index (χ4v) is 3.47. The quantitative estimate of drug-likeness (QED) is 0.871. The van der Waals surface area contributed by atoms with E-state index >= 15 is 0 Å². The first kappa shape index (κ1) is 14.4. The van der Waals surface area contributed by atoms with Crippen molar-refractivity contribution < 1.29 is 4.74 Å². The summed E-state index contributed by atoms with van der Waals surface area (Å²) in [5, 5.41) is 6.16. The number of benzene rings is 2. The highest BCUT2D eigenvalue weighted by Crippen LogP contribution is 2.28. The van der Waals surface area contributed by atoms with Gasteiger partial charge in [-0.25, -0.2) is 0 Å². The second-order valence-corrected chi connectivity index (χ2v) is 6.11. The fourth-order valence-electron chi connectivity index (χ4n) is 3.47. The summed E-state index contributed by atoms with van der Waals surface area (Å²) < 4.78 is 5.46. The first-order valence-electron chi connectivity index (χ1n) is 8.14. The first-order valence-corrected chi connectivity index (χ1v) is 8.14. The maximum Gasteiger partial charge on any atom is 0.126 e. The normalized spacial score (nSPS) is 16.2. The number of hydrogen-bond acceptors (Lipinski definition) is 2. The van der Waals surface area contributed by atoms with Crippen LogP contribution in [0.3, 0.4) is 0 Å². The third-order valence-electron chi connectivity index (χ3n) is 4.67. The van der Waals surface area contributed by atoms with E-state index in [0.717, 1.165) is 24.8 Å². The van der Waals surface area contributed by atoms with Crippen LogP contribution in [0.2, 0.25) is 0 Å². The van der Waals surface area contributed by atoms with E-state index in [4.69, 9.17) is 4.74 Å². The Hall–Kier alpha value is -1.54. The molecule has 112 valence electrons. The van der Waals surface area contributed by atoms with Gasteiger partial charge in [0.2, 0.25) is 0 Å². The van der Waals surface area contributed by atoms with Crippen LogP contribution < -0.4 is 10.1 Å². The molecular formula is C19H25NO. The summed E-state index contributed by atoms with van der Waals surface area (Å²) in [5.41, 5.74) is 1.36. The van der Waals surface area contributed by atoms with Crippen molar-refractivity contribution in [1.82, 2.24) is 5.32 Å². The Labute approximate surface area is 127 Å². The average Bonchev–Trinajstić information content (AvgIpc) is 2.56. The molecule has 0 spiro atoms. The highest BCUT2D eigenvalue weighted by molar-refractivity contribution is 5.91. The Morgan fingerprint density at radius 2 is 1.76 bits per heavy atom. The molecule has 0 bridgehead atoms. The van der Waals surface area contributed by atoms with Gasteiger partial charge in [0.15, 0.2) is 0 Å². The minimum Gasteiger partial charge on any atom is -0.496 e. The van der Waals surface area contributed by atoms with Crippen molar-refractivity contribution in [2.24, 2.45) is 5.92 Å². The van der Waals surface area contributed by atoms with Crippen LogP contribution >= 0.6 is 0 Å². The van der Waals surface area contributed by atoms with Gasteiger partial charge in [0.1, 0.15) is 5.75 Å². The van der Waals surface area contributed by atoms with Gasteiger partial charge in [-0.05, 0) is 42.3 Å². The van der Waals surface area contributed by atoms with E-state index in [2.05, 4.69) is 41.7 Å². The molecule has 0 unspecified atom stereocenters. The van der Waals surface area contributed by atoms with E-state index in [0.29, 0.717) is 0 Å². The van der Waals surface area contributed by atoms with Crippen molar-refractivity contribution in [3.05, 3.63) is 42.0 Å². The molecule has 21 heavy (non-hydrogen) atoms. The monoisotopic (exact) mass is 283 g/mol. The molecule has 1 N–H and O–H groups in total. The molecule has 0 atom stereocenters. The summed E-state index contributed by atoms with van der Waals surface area (Å²) in [6.45, 7) is 2.10. The molecule has 3 rings (SSSR count). The summed E-state index contributed by atoms with van der Waals surface area (Å²) in [5.74, 6) is 1.84. The predicted molar refractivity (Wildman–Crippen MR) is 88.8 cm³/mol. The molecule has 0 radical (unpaired) electrons. The molecular weight excluding hydrogens is 258 g/mol. The lowest BCUT2D eigenvalue weighted by Crippen LogP contribution is -2.24. The van der Waals surface area contributed by atoms with Crippen LogP contribution in [0.4, 0.5) is 0 Å². The van der Waals surface area contributed by atoms with E-state index in [1.54, 1.807) is 7.11 Å². The zero-order valence-electron chi connectivity index (χ0n) is 12.9. The van der Waals surface area contributed by atoms with Crippen LogP contribution in [0.5, 0.6) is 5.75 Å². The number of fused-ring (bicyclic) bond motifs is 1. The number of nitrogens with one attached hydrogen (secondary N) is 1. The van der Waals surface area contributed by atoms with Gasteiger partial charge in [0, 0.05) is 11.9 Å². The third-order valence-corrected chi connectivity index (χ3v) is 4.67. The van der Waals surface area contributed by atoms with Crippen molar-refractivity contribution in [1.29, 1.82) is 0 Å². The van der Waals surface area contributed by atoms with Crippen LogP contribution in [0.1, 0.15) is 37.7 Å². The average molecular weight is 283 g/mol. The van der Waals surface area contributed by atoms with Crippen molar-refractivity contribution >= 4 is 10.8 Å². The molecule has 0 saturated heterocycles. The first-order chi connectivity index (χ1) is 10.4. The van der Waals surface area contributed by atoms with Gasteiger partial charge in [-0.2, -0.15) is 0 Å². The fraction of sp³-hybridized carbons (Fsp3) is 0.474. The van der Waals surface area contributed by atoms with Gasteiger partial charge < -0.3 is 10.1 Å². The van der Waals surface area contributed by atoms with E-state index in [1.165, 1.54) is 48.4 Å². The maximum atomic E-state index is 5.46. The molecule has 1 aliphatic carbocycles. The smallest absolute Gasteiger partial charge is 0.126 e. The molecule has 1 aliphatic rings. The highest BCUT2D eigenvalue weighted by Gasteiger charge is 2.13. The summed E-state index contributed by atoms with van der Waals surface area (Å²) in [7, 11) is 1.74. The van der Waals surface area contributed by atoms with Gasteiger partial charge in [0.25, 0.3) is 0 Å². The highest BCUT2D eigenvalue weighted by atomic mass is 16.5. The Morgan fingerprint density at radius 3 is 2.52 bits per heavy atom. The SMILES string of the molecule is COc1ccc(CNCC2CCCCC2)c2ccccc12. The number of methoxy groups -OCH3 is 1. The summed E-state index contributed by atoms with van der Waals surface area (Å²) in [6.07, 6.45) is 7.06. The van der Waals surface area contributed by atoms with Gasteiger partial charge in [-0.3, -0.25) is 0 Å². The Bertz CT molecular complexity index is 587. The van der Waals surface area contributed by atoms with Crippen molar-refractivity contribution in [3.8, 4) is 5.75 Å². The van der Waals surface area contributed by atoms with Crippen LogP contribution in [0.25, 0.3) is 10.8 Å². The minimum atomic E-state index is 0.878. The standard InChI is InChI=1S/C19H25NO/c1-21-19-12-11-16(17-9-5-6-10-18(17)19)14-20-13-15-7-3-2-4-8-15/h5-6,9-12,15,20H,2-4,7-8,13-14H2,1H3. The zero-order chi connectivity index (χ0) is 14.5. The topological polar surface area (TPSA) is 21.3 Å². The molecule has 2 heteroatoms. The van der Waals surface area contributed by atoms with E-state index in [-0.39, 0.29) is 0 Å². The Morgan fingerprint density at radius 1 is 1.00 bits per heavy atom. The number of ether oxygens (including phenoxy) is 1. The van der Waals surface area contributed by atoms with Gasteiger partial charge in [0.05, 0.1) is 7.11 Å². The van der Waals surface area contributed by atoms with Gasteiger partial charge in [-0.15, -0.1) is 0 Å². The molecule has 1 saturated carbocycles. The van der Waals surface area contributed by atoms with Crippen LogP contribution in [0, 0.1) is 5.92 Å². The number of rotatable bonds is 5. The summed E-state index contributed by atoms with van der Waals surface area (Å²) in [6, 6.07) is 12.8. The van der Waals surface area contributed by atoms with Gasteiger partial charge in [-0.1, -0.05) is 49.6 Å². The van der Waals surface area contributed by atoms with Crippen LogP contribution in [0.15, 0.2) is 36.4 Å². The second kappa shape index (κ2) is 6.95. The summed E-state index contributed by atoms with van der Waals surface area (Å²) >= 11 is 0. The Kier molecular flexibility index (Phi) is 4.76. The maximum absolute atomic E-state index is 5.46. The van der Waals surface area contributed by atoms with Crippen molar-refractivity contribution in [2.75, 3.05) is 13.7 Å². The van der Waals surface area contributed by atoms with Crippen molar-refractivity contribution in [2.45, 2.75) is 38.6 Å². The van der Waals surface area contributed by atoms with Crippen LogP contribution in [-0.4, -0.2) is 13.7 Å². The molecule has 2 nitrogen and oxygen atoms in total. The largest absolute Gasteiger partial charge is 0.496 e. The molecule has 1 fully saturated rings. The van der Waals surface area contributed by atoms with E-state index in [9.17, 15) is 0 Å². The lowest BCUT2D eigenvalue weighted by molar-refractivity contribution is 0.342. The molecule has 2 aromatic rings. The van der Waals surface area contributed by atoms with E-state index in [1.807, 2.05) is 0 Å². The molecule has 0 amide bonds. The second-order valence-electron chi connectivity index (χ2n) is 6.11. The molecule has 2 aromatic carbocycles. The molecule has 0 aromatic heterocycles. The lowest BCUT2D eigenvalue weighted by atomic mass is 9.89. The van der Waals surface area contributed by atoms with Crippen LogP contribution in [-0.2, 0) is 6.54 Å².